The predicted molar refractivity (Wildman–Crippen MR) is 104 cm³/mol. The van der Waals surface area contributed by atoms with Gasteiger partial charge in [-0.1, -0.05) is 12.1 Å². The minimum atomic E-state index is -0.216. The minimum absolute atomic E-state index is 0.114. The average Bonchev–Trinajstić information content (AvgIpc) is 3.16. The standard InChI is InChI=1S/C20H22N4O2/c1-15(25)22-17-7-4-16(5-8-17)6-11-20(26)23-18-9-10-19(21-14-18)24-12-2-3-13-24/h4-11,14H,2-3,12-13H2,1H3,(H,22,25)(H,23,26)/b11-6+. The highest BCUT2D eigenvalue weighted by atomic mass is 16.2. The zero-order valence-corrected chi connectivity index (χ0v) is 14.7. The maximum Gasteiger partial charge on any atom is 0.248 e. The maximum atomic E-state index is 12.0. The molecule has 1 saturated heterocycles. The van der Waals surface area contributed by atoms with Crippen LogP contribution in [0.2, 0.25) is 0 Å². The molecule has 1 aliphatic heterocycles. The average molecular weight is 350 g/mol. The Morgan fingerprint density at radius 3 is 2.31 bits per heavy atom. The fraction of sp³-hybridized carbons (Fsp3) is 0.250. The molecule has 2 heterocycles. The molecule has 1 fully saturated rings. The molecule has 0 spiro atoms. The molecule has 26 heavy (non-hydrogen) atoms. The summed E-state index contributed by atoms with van der Waals surface area (Å²) in [4.78, 5) is 29.7. The van der Waals surface area contributed by atoms with E-state index in [1.54, 1.807) is 24.4 Å². The highest BCUT2D eigenvalue weighted by Crippen LogP contribution is 2.19. The van der Waals surface area contributed by atoms with Gasteiger partial charge in [-0.2, -0.15) is 0 Å². The van der Waals surface area contributed by atoms with E-state index in [0.717, 1.165) is 30.2 Å². The van der Waals surface area contributed by atoms with Crippen molar-refractivity contribution in [1.82, 2.24) is 4.98 Å². The van der Waals surface area contributed by atoms with Crippen molar-refractivity contribution >= 4 is 35.1 Å². The first-order valence-electron chi connectivity index (χ1n) is 8.68. The van der Waals surface area contributed by atoms with Crippen LogP contribution in [0.3, 0.4) is 0 Å². The zero-order valence-electron chi connectivity index (χ0n) is 14.7. The van der Waals surface area contributed by atoms with Gasteiger partial charge in [0.05, 0.1) is 11.9 Å². The van der Waals surface area contributed by atoms with Crippen LogP contribution in [0, 0.1) is 0 Å². The molecule has 1 aliphatic rings. The second-order valence-electron chi connectivity index (χ2n) is 6.23. The smallest absolute Gasteiger partial charge is 0.248 e. The Bertz CT molecular complexity index is 792. The second kappa shape index (κ2) is 8.29. The van der Waals surface area contributed by atoms with Crippen LogP contribution in [-0.4, -0.2) is 29.9 Å². The quantitative estimate of drug-likeness (QED) is 0.812. The number of nitrogens with one attached hydrogen (secondary N) is 2. The SMILES string of the molecule is CC(=O)Nc1ccc(/C=C/C(=O)Nc2ccc(N3CCCC3)nc2)cc1. The van der Waals surface area contributed by atoms with Crippen molar-refractivity contribution in [3.05, 3.63) is 54.2 Å². The highest BCUT2D eigenvalue weighted by molar-refractivity contribution is 6.01. The first-order valence-corrected chi connectivity index (χ1v) is 8.68. The first-order chi connectivity index (χ1) is 12.6. The van der Waals surface area contributed by atoms with Gasteiger partial charge in [0.15, 0.2) is 0 Å². The Morgan fingerprint density at radius 2 is 1.69 bits per heavy atom. The van der Waals surface area contributed by atoms with Gasteiger partial charge in [0.2, 0.25) is 11.8 Å². The number of benzene rings is 1. The molecular weight excluding hydrogens is 328 g/mol. The molecule has 0 aliphatic carbocycles. The lowest BCUT2D eigenvalue weighted by Gasteiger charge is -2.16. The third-order valence-electron chi connectivity index (χ3n) is 4.10. The lowest BCUT2D eigenvalue weighted by molar-refractivity contribution is -0.114. The van der Waals surface area contributed by atoms with Gasteiger partial charge < -0.3 is 15.5 Å². The fourth-order valence-electron chi connectivity index (χ4n) is 2.83. The van der Waals surface area contributed by atoms with E-state index in [1.165, 1.54) is 25.8 Å². The van der Waals surface area contributed by atoms with Crippen LogP contribution < -0.4 is 15.5 Å². The van der Waals surface area contributed by atoms with Crippen molar-refractivity contribution in [2.75, 3.05) is 28.6 Å². The lowest BCUT2D eigenvalue weighted by Crippen LogP contribution is -2.18. The molecule has 0 radical (unpaired) electrons. The summed E-state index contributed by atoms with van der Waals surface area (Å²) >= 11 is 0. The summed E-state index contributed by atoms with van der Waals surface area (Å²) in [5.74, 6) is 0.624. The van der Waals surface area contributed by atoms with Crippen LogP contribution in [0.1, 0.15) is 25.3 Å². The van der Waals surface area contributed by atoms with Crippen LogP contribution in [0.5, 0.6) is 0 Å². The topological polar surface area (TPSA) is 74.3 Å². The third kappa shape index (κ3) is 4.92. The van der Waals surface area contributed by atoms with Crippen LogP contribution in [0.25, 0.3) is 6.08 Å². The molecule has 0 unspecified atom stereocenters. The molecule has 2 amide bonds. The van der Waals surface area contributed by atoms with Gasteiger partial charge in [-0.15, -0.1) is 0 Å². The Morgan fingerprint density at radius 1 is 1.00 bits per heavy atom. The summed E-state index contributed by atoms with van der Waals surface area (Å²) in [5, 5.41) is 5.51. The molecule has 3 rings (SSSR count). The van der Waals surface area contributed by atoms with Crippen molar-refractivity contribution < 1.29 is 9.59 Å². The van der Waals surface area contributed by atoms with Gasteiger partial charge in [-0.05, 0) is 48.7 Å². The van der Waals surface area contributed by atoms with Gasteiger partial charge in [0, 0.05) is 31.8 Å². The fourth-order valence-corrected chi connectivity index (χ4v) is 2.83. The molecule has 1 aromatic carbocycles. The summed E-state index contributed by atoms with van der Waals surface area (Å²) in [7, 11) is 0. The third-order valence-corrected chi connectivity index (χ3v) is 4.10. The molecule has 0 bridgehead atoms. The van der Waals surface area contributed by atoms with Gasteiger partial charge in [0.1, 0.15) is 5.82 Å². The minimum Gasteiger partial charge on any atom is -0.357 e. The summed E-state index contributed by atoms with van der Waals surface area (Å²) in [6.45, 7) is 3.55. The van der Waals surface area contributed by atoms with E-state index in [0.29, 0.717) is 5.69 Å². The van der Waals surface area contributed by atoms with Crippen LogP contribution in [0.4, 0.5) is 17.2 Å². The number of carbonyl (C=O) groups excluding carboxylic acids is 2. The molecule has 6 nitrogen and oxygen atoms in total. The Kier molecular flexibility index (Phi) is 5.63. The van der Waals surface area contributed by atoms with Gasteiger partial charge in [0.25, 0.3) is 0 Å². The lowest BCUT2D eigenvalue weighted by atomic mass is 10.2. The van der Waals surface area contributed by atoms with Crippen LogP contribution >= 0.6 is 0 Å². The molecule has 134 valence electrons. The molecule has 2 N–H and O–H groups in total. The monoisotopic (exact) mass is 350 g/mol. The number of pyridine rings is 1. The number of anilines is 3. The van der Waals surface area contributed by atoms with E-state index in [2.05, 4.69) is 20.5 Å². The van der Waals surface area contributed by atoms with E-state index in [4.69, 9.17) is 0 Å². The normalized spacial score (nSPS) is 13.8. The number of aromatic nitrogens is 1. The van der Waals surface area contributed by atoms with E-state index in [-0.39, 0.29) is 11.8 Å². The van der Waals surface area contributed by atoms with Crippen LogP contribution in [-0.2, 0) is 9.59 Å². The maximum absolute atomic E-state index is 12.0. The number of hydrogen-bond acceptors (Lipinski definition) is 4. The summed E-state index contributed by atoms with van der Waals surface area (Å²) < 4.78 is 0. The van der Waals surface area contributed by atoms with Crippen molar-refractivity contribution in [3.63, 3.8) is 0 Å². The van der Waals surface area contributed by atoms with Gasteiger partial charge in [-0.25, -0.2) is 4.98 Å². The van der Waals surface area contributed by atoms with Crippen molar-refractivity contribution in [1.29, 1.82) is 0 Å². The molecule has 0 saturated carbocycles. The van der Waals surface area contributed by atoms with Crippen molar-refractivity contribution in [2.24, 2.45) is 0 Å². The largest absolute Gasteiger partial charge is 0.357 e. The van der Waals surface area contributed by atoms with E-state index >= 15 is 0 Å². The highest BCUT2D eigenvalue weighted by Gasteiger charge is 2.13. The van der Waals surface area contributed by atoms with E-state index in [9.17, 15) is 9.59 Å². The van der Waals surface area contributed by atoms with Gasteiger partial charge in [-0.3, -0.25) is 9.59 Å². The number of hydrogen-bond donors (Lipinski definition) is 2. The molecule has 6 heteroatoms. The van der Waals surface area contributed by atoms with Crippen LogP contribution in [0.15, 0.2) is 48.7 Å². The Hall–Kier alpha value is -3.15. The molecule has 0 atom stereocenters. The molecule has 1 aromatic heterocycles. The van der Waals surface area contributed by atoms with E-state index < -0.39 is 0 Å². The number of amides is 2. The summed E-state index contributed by atoms with van der Waals surface area (Å²) in [6.07, 6.45) is 7.29. The number of nitrogens with zero attached hydrogens (tertiary/aromatic N) is 2. The molecule has 2 aromatic rings. The summed E-state index contributed by atoms with van der Waals surface area (Å²) in [5.41, 5.74) is 2.27. The Balaban J connectivity index is 1.54. The number of rotatable bonds is 5. The van der Waals surface area contributed by atoms with Crippen molar-refractivity contribution in [3.8, 4) is 0 Å². The second-order valence-corrected chi connectivity index (χ2v) is 6.23. The van der Waals surface area contributed by atoms with Crippen molar-refractivity contribution in [2.45, 2.75) is 19.8 Å². The zero-order chi connectivity index (χ0) is 18.4. The van der Waals surface area contributed by atoms with Gasteiger partial charge >= 0.3 is 0 Å². The van der Waals surface area contributed by atoms with E-state index in [1.807, 2.05) is 24.3 Å². The predicted octanol–water partition coefficient (Wildman–Crippen LogP) is 3.29. The molecular formula is C20H22N4O2. The summed E-state index contributed by atoms with van der Waals surface area (Å²) in [6, 6.07) is 11.1. The Labute approximate surface area is 152 Å². The first kappa shape index (κ1) is 17.7. The number of carbonyl (C=O) groups is 2.